The van der Waals surface area contributed by atoms with E-state index in [-0.39, 0.29) is 5.75 Å². The van der Waals surface area contributed by atoms with Crippen LogP contribution < -0.4 is 5.73 Å². The van der Waals surface area contributed by atoms with E-state index in [9.17, 15) is 5.11 Å². The van der Waals surface area contributed by atoms with Crippen LogP contribution in [0.4, 0.5) is 5.69 Å². The molecule has 0 aliphatic rings. The van der Waals surface area contributed by atoms with Crippen molar-refractivity contribution in [3.8, 4) is 16.9 Å². The molecule has 2 nitrogen and oxygen atoms in total. The van der Waals surface area contributed by atoms with Gasteiger partial charge in [0.15, 0.2) is 0 Å². The first-order chi connectivity index (χ1) is 6.68. The molecule has 0 bridgehead atoms. The molecule has 1 aromatic heterocycles. The summed E-state index contributed by atoms with van der Waals surface area (Å²) in [6, 6.07) is 5.12. The van der Waals surface area contributed by atoms with E-state index in [1.807, 2.05) is 16.8 Å². The van der Waals surface area contributed by atoms with Crippen LogP contribution in [0.2, 0.25) is 5.02 Å². The fourth-order valence-electron chi connectivity index (χ4n) is 1.20. The number of nitrogens with two attached hydrogens (primary N) is 1. The molecule has 0 amide bonds. The number of phenolic OH excluding ortho intramolecular Hbond substituents is 1. The summed E-state index contributed by atoms with van der Waals surface area (Å²) in [4.78, 5) is 0. The van der Waals surface area contributed by atoms with Crippen molar-refractivity contribution in [2.24, 2.45) is 0 Å². The van der Waals surface area contributed by atoms with Crippen LogP contribution in [0.15, 0.2) is 29.0 Å². The third-order valence-electron chi connectivity index (χ3n) is 1.96. The molecule has 1 aromatic carbocycles. The molecule has 0 fully saturated rings. The quantitative estimate of drug-likeness (QED) is 0.578. The van der Waals surface area contributed by atoms with Gasteiger partial charge in [0.2, 0.25) is 0 Å². The molecule has 2 aromatic rings. The van der Waals surface area contributed by atoms with E-state index < -0.39 is 0 Å². The normalized spacial score (nSPS) is 10.4. The predicted octanol–water partition coefficient (Wildman–Crippen LogP) is 3.36. The number of rotatable bonds is 1. The second-order valence-electron chi connectivity index (χ2n) is 2.91. The maximum atomic E-state index is 9.43. The van der Waals surface area contributed by atoms with Crippen LogP contribution >= 0.6 is 22.9 Å². The molecule has 0 saturated heterocycles. The molecule has 0 spiro atoms. The zero-order valence-electron chi connectivity index (χ0n) is 7.20. The van der Waals surface area contributed by atoms with Crippen LogP contribution in [-0.2, 0) is 0 Å². The lowest BCUT2D eigenvalue weighted by atomic mass is 10.1. The summed E-state index contributed by atoms with van der Waals surface area (Å²) in [5.41, 5.74) is 7.68. The summed E-state index contributed by atoms with van der Waals surface area (Å²) in [7, 11) is 0. The highest BCUT2D eigenvalue weighted by molar-refractivity contribution is 7.09. The van der Waals surface area contributed by atoms with Crippen LogP contribution in [0.5, 0.6) is 5.75 Å². The van der Waals surface area contributed by atoms with Crippen molar-refractivity contribution in [1.82, 2.24) is 0 Å². The summed E-state index contributed by atoms with van der Waals surface area (Å²) in [5, 5.41) is 13.9. The van der Waals surface area contributed by atoms with Gasteiger partial charge in [-0.1, -0.05) is 17.7 Å². The largest absolute Gasteiger partial charge is 0.506 e. The molecular formula is C10H8ClNOS. The lowest BCUT2D eigenvalue weighted by Crippen LogP contribution is -1.85. The summed E-state index contributed by atoms with van der Waals surface area (Å²) >= 11 is 7.49. The predicted molar refractivity (Wildman–Crippen MR) is 60.8 cm³/mol. The van der Waals surface area contributed by atoms with Crippen LogP contribution in [0.25, 0.3) is 11.1 Å². The SMILES string of the molecule is Nc1ccc(-c2cscc2Cl)cc1O. The monoisotopic (exact) mass is 225 g/mol. The second-order valence-corrected chi connectivity index (χ2v) is 4.06. The van der Waals surface area contributed by atoms with Gasteiger partial charge < -0.3 is 10.8 Å². The van der Waals surface area contributed by atoms with E-state index in [1.54, 1.807) is 12.1 Å². The molecule has 0 aliphatic carbocycles. The van der Waals surface area contributed by atoms with Crippen molar-refractivity contribution in [2.75, 3.05) is 5.73 Å². The standard InChI is InChI=1S/C10H8ClNOS/c11-8-5-14-4-7(8)6-1-2-9(12)10(13)3-6/h1-5,13H,12H2. The molecule has 3 N–H and O–H groups in total. The van der Waals surface area contributed by atoms with Crippen molar-refractivity contribution in [2.45, 2.75) is 0 Å². The third-order valence-corrected chi connectivity index (χ3v) is 3.14. The highest BCUT2D eigenvalue weighted by Crippen LogP contribution is 2.34. The summed E-state index contributed by atoms with van der Waals surface area (Å²) in [6.07, 6.45) is 0. The number of nitrogen functional groups attached to an aromatic ring is 1. The van der Waals surface area contributed by atoms with Crippen LogP contribution in [0, 0.1) is 0 Å². The maximum absolute atomic E-state index is 9.43. The molecule has 14 heavy (non-hydrogen) atoms. The number of phenols is 1. The zero-order chi connectivity index (χ0) is 10.1. The summed E-state index contributed by atoms with van der Waals surface area (Å²) in [6.45, 7) is 0. The smallest absolute Gasteiger partial charge is 0.139 e. The van der Waals surface area contributed by atoms with Crippen molar-refractivity contribution < 1.29 is 5.11 Å². The first-order valence-electron chi connectivity index (χ1n) is 3.99. The molecule has 0 atom stereocenters. The average molecular weight is 226 g/mol. The van der Waals surface area contributed by atoms with E-state index in [0.29, 0.717) is 10.7 Å². The minimum Gasteiger partial charge on any atom is -0.506 e. The first kappa shape index (κ1) is 9.37. The zero-order valence-corrected chi connectivity index (χ0v) is 8.77. The van der Waals surface area contributed by atoms with Crippen molar-refractivity contribution in [1.29, 1.82) is 0 Å². The van der Waals surface area contributed by atoms with Gasteiger partial charge in [0.05, 0.1) is 10.7 Å². The van der Waals surface area contributed by atoms with E-state index in [2.05, 4.69) is 0 Å². The maximum Gasteiger partial charge on any atom is 0.139 e. The third kappa shape index (κ3) is 1.56. The Bertz CT molecular complexity index is 467. The lowest BCUT2D eigenvalue weighted by Gasteiger charge is -2.02. The molecule has 0 aliphatic heterocycles. The summed E-state index contributed by atoms with van der Waals surface area (Å²) in [5.74, 6) is 0.0877. The van der Waals surface area contributed by atoms with E-state index in [4.69, 9.17) is 17.3 Å². The Morgan fingerprint density at radius 1 is 1.29 bits per heavy atom. The lowest BCUT2D eigenvalue weighted by molar-refractivity contribution is 0.478. The minimum absolute atomic E-state index is 0.0877. The number of benzene rings is 1. The molecule has 0 unspecified atom stereocenters. The van der Waals surface area contributed by atoms with Crippen molar-refractivity contribution >= 4 is 28.6 Å². The topological polar surface area (TPSA) is 46.2 Å². The Balaban J connectivity index is 2.53. The van der Waals surface area contributed by atoms with Gasteiger partial charge in [0.1, 0.15) is 5.75 Å². The van der Waals surface area contributed by atoms with E-state index in [1.165, 1.54) is 11.3 Å². The van der Waals surface area contributed by atoms with Crippen LogP contribution in [0.3, 0.4) is 0 Å². The molecular weight excluding hydrogens is 218 g/mol. The number of thiophene rings is 1. The highest BCUT2D eigenvalue weighted by Gasteiger charge is 2.06. The Labute approximate surface area is 90.6 Å². The molecule has 2 rings (SSSR count). The number of hydrogen-bond acceptors (Lipinski definition) is 3. The number of hydrogen-bond donors (Lipinski definition) is 2. The van der Waals surface area contributed by atoms with Gasteiger partial charge in [-0.05, 0) is 17.7 Å². The van der Waals surface area contributed by atoms with Gasteiger partial charge in [0.25, 0.3) is 0 Å². The number of anilines is 1. The fraction of sp³-hybridized carbons (Fsp3) is 0. The second kappa shape index (κ2) is 3.52. The molecule has 4 heteroatoms. The van der Waals surface area contributed by atoms with Crippen molar-refractivity contribution in [3.05, 3.63) is 34.0 Å². The first-order valence-corrected chi connectivity index (χ1v) is 5.31. The Morgan fingerprint density at radius 2 is 2.07 bits per heavy atom. The Kier molecular flexibility index (Phi) is 2.35. The van der Waals surface area contributed by atoms with Gasteiger partial charge in [-0.3, -0.25) is 0 Å². The molecule has 0 saturated carbocycles. The fourth-order valence-corrected chi connectivity index (χ4v) is 2.29. The van der Waals surface area contributed by atoms with Gasteiger partial charge >= 0.3 is 0 Å². The average Bonchev–Trinajstić information content (AvgIpc) is 2.57. The minimum atomic E-state index is 0.0877. The van der Waals surface area contributed by atoms with Crippen molar-refractivity contribution in [3.63, 3.8) is 0 Å². The number of halogens is 1. The van der Waals surface area contributed by atoms with Gasteiger partial charge in [-0.2, -0.15) is 11.3 Å². The highest BCUT2D eigenvalue weighted by atomic mass is 35.5. The summed E-state index contributed by atoms with van der Waals surface area (Å²) < 4.78 is 0. The Morgan fingerprint density at radius 3 is 2.64 bits per heavy atom. The van der Waals surface area contributed by atoms with Gasteiger partial charge in [-0.25, -0.2) is 0 Å². The van der Waals surface area contributed by atoms with E-state index >= 15 is 0 Å². The molecule has 72 valence electrons. The molecule has 0 radical (unpaired) electrons. The molecule has 1 heterocycles. The van der Waals surface area contributed by atoms with E-state index in [0.717, 1.165) is 11.1 Å². The number of aromatic hydroxyl groups is 1. The van der Waals surface area contributed by atoms with Crippen LogP contribution in [-0.4, -0.2) is 5.11 Å². The van der Waals surface area contributed by atoms with Gasteiger partial charge in [-0.15, -0.1) is 0 Å². The van der Waals surface area contributed by atoms with Gasteiger partial charge in [0, 0.05) is 16.3 Å². The van der Waals surface area contributed by atoms with Crippen LogP contribution in [0.1, 0.15) is 0 Å². The Hall–Kier alpha value is -1.19.